The van der Waals surface area contributed by atoms with Gasteiger partial charge in [0, 0.05) is 28.8 Å². The van der Waals surface area contributed by atoms with Crippen LogP contribution in [-0.2, 0) is 26.6 Å². The number of nitrogens with zero attached hydrogens (tertiary/aromatic N) is 1. The maximum absolute atomic E-state index is 11.7. The van der Waals surface area contributed by atoms with Crippen molar-refractivity contribution in [1.82, 2.24) is 4.98 Å². The first-order valence-electron chi connectivity index (χ1n) is 9.08. The summed E-state index contributed by atoms with van der Waals surface area (Å²) in [6.45, 7) is 1.09. The molecule has 1 aromatic heterocycles. The van der Waals surface area contributed by atoms with Gasteiger partial charge < -0.3 is 10.1 Å². The van der Waals surface area contributed by atoms with Crippen molar-refractivity contribution in [2.75, 3.05) is 18.5 Å². The van der Waals surface area contributed by atoms with Crippen LogP contribution in [0.4, 0.5) is 5.69 Å². The molecule has 0 spiro atoms. The number of hydrogen-bond acceptors (Lipinski definition) is 4. The molecule has 0 unspecified atom stereocenters. The summed E-state index contributed by atoms with van der Waals surface area (Å²) in [5.74, 6) is 0.314. The average molecular weight is 449 g/mol. The predicted molar refractivity (Wildman–Crippen MR) is 113 cm³/mol. The first-order chi connectivity index (χ1) is 13.7. The minimum atomic E-state index is -0.279. The molecule has 1 aromatic carbocycles. The fourth-order valence-electron chi connectivity index (χ4n) is 2.65. The van der Waals surface area contributed by atoms with Crippen molar-refractivity contribution in [1.29, 1.82) is 0 Å². The summed E-state index contributed by atoms with van der Waals surface area (Å²) in [6, 6.07) is 7.55. The van der Waals surface area contributed by atoms with E-state index in [0.717, 1.165) is 23.0 Å². The zero-order valence-corrected chi connectivity index (χ0v) is 17.6. The summed E-state index contributed by atoms with van der Waals surface area (Å²) in [5.41, 5.74) is 1.85. The molecule has 1 N–H and O–H groups in total. The molecule has 6 heteroatoms. The second-order valence-electron chi connectivity index (χ2n) is 6.07. The Morgan fingerprint density at radius 2 is 1.69 bits per heavy atom. The number of rotatable bonds is 6. The molecule has 29 heavy (non-hydrogen) atoms. The topological polar surface area (TPSA) is 51.2 Å². The molecule has 4 nitrogen and oxygen atoms in total. The third-order valence-corrected chi connectivity index (χ3v) is 4.26. The third-order valence-electron chi connectivity index (χ3n) is 4.03. The van der Waals surface area contributed by atoms with Gasteiger partial charge in [-0.25, -0.2) is 0 Å². The van der Waals surface area contributed by atoms with Crippen molar-refractivity contribution in [3.63, 3.8) is 0 Å². The Hall–Kier alpha value is -1.29. The van der Waals surface area contributed by atoms with E-state index in [1.807, 2.05) is 69.2 Å². The Bertz CT molecular complexity index is 754. The molecule has 2 aromatic rings. The Balaban J connectivity index is 0.000000437. The second kappa shape index (κ2) is 13.1. The summed E-state index contributed by atoms with van der Waals surface area (Å²) in [4.78, 5) is 16.0. The van der Waals surface area contributed by atoms with Gasteiger partial charge in [-0.3, -0.25) is 9.78 Å². The van der Waals surface area contributed by atoms with Crippen molar-refractivity contribution < 1.29 is 26.6 Å². The van der Waals surface area contributed by atoms with Gasteiger partial charge in [0.2, 0.25) is 0 Å². The minimum absolute atomic E-state index is 0. The van der Waals surface area contributed by atoms with E-state index < -0.39 is 0 Å². The zero-order chi connectivity index (χ0) is 19.6. The number of pyridine rings is 1. The van der Waals surface area contributed by atoms with Gasteiger partial charge in [-0.15, -0.1) is 0 Å². The van der Waals surface area contributed by atoms with Gasteiger partial charge >= 0.3 is 23.0 Å². The molecule has 4 rings (SSSR count). The van der Waals surface area contributed by atoms with E-state index >= 15 is 0 Å². The molecule has 2 aliphatic rings. The maximum Gasteiger partial charge on any atom is 2.00 e. The van der Waals surface area contributed by atoms with Crippen LogP contribution in [0.3, 0.4) is 0 Å². The summed E-state index contributed by atoms with van der Waals surface area (Å²) >= 11 is 5.98. The van der Waals surface area contributed by atoms with Gasteiger partial charge in [-0.2, -0.15) is 0 Å². The standard InChI is InChI=1S/C18H16ClN2O2.C5H5.Fe/c19-14-6-7-15-16(8-10-21-17(15)12-14)20-9-3-11-23-18(22)13-4-1-2-5-13;1-2-4-5-3-1;/h1-2,4-8,10,12H,3,9,11H2,(H,20,21);1-5H;/q;;+2. The number of benzene rings is 1. The Kier molecular flexibility index (Phi) is 10.8. The molecule has 0 amide bonds. The molecule has 10 radical (unpaired) electrons. The van der Waals surface area contributed by atoms with Gasteiger partial charge in [-0.05, 0) is 88.5 Å². The van der Waals surface area contributed by atoms with E-state index in [1.54, 1.807) is 19.0 Å². The van der Waals surface area contributed by atoms with Crippen LogP contribution in [0.5, 0.6) is 0 Å². The van der Waals surface area contributed by atoms with E-state index in [2.05, 4.69) is 10.3 Å². The van der Waals surface area contributed by atoms with Gasteiger partial charge in [0.15, 0.2) is 0 Å². The average Bonchev–Trinajstić information content (AvgIpc) is 3.43. The molecular weight excluding hydrogens is 428 g/mol. The zero-order valence-electron chi connectivity index (χ0n) is 15.7. The number of fused-ring (bicyclic) bond motifs is 1. The van der Waals surface area contributed by atoms with Crippen molar-refractivity contribution in [2.45, 2.75) is 6.42 Å². The molecule has 1 heterocycles. The number of carbonyl (C=O) groups excluding carboxylic acids is 1. The number of nitrogens with one attached hydrogen (secondary N) is 1. The normalized spacial score (nSPS) is 16.0. The number of halogens is 1. The molecule has 0 atom stereocenters. The summed E-state index contributed by atoms with van der Waals surface area (Å²) in [6.07, 6.45) is 19.6. The minimum Gasteiger partial charge on any atom is -0.465 e. The van der Waals surface area contributed by atoms with E-state index in [-0.39, 0.29) is 23.0 Å². The Labute approximate surface area is 189 Å². The van der Waals surface area contributed by atoms with Gasteiger partial charge in [-0.1, -0.05) is 11.6 Å². The first-order valence-corrected chi connectivity index (χ1v) is 9.45. The van der Waals surface area contributed by atoms with Crippen LogP contribution in [0, 0.1) is 63.7 Å². The van der Waals surface area contributed by atoms with Crippen molar-refractivity contribution >= 4 is 34.2 Å². The fraction of sp³-hybridized carbons (Fsp3) is 0.130. The Morgan fingerprint density at radius 1 is 1.00 bits per heavy atom. The van der Waals surface area contributed by atoms with Gasteiger partial charge in [0.1, 0.15) is 0 Å². The van der Waals surface area contributed by atoms with Gasteiger partial charge in [0.25, 0.3) is 0 Å². The molecule has 0 saturated heterocycles. The smallest absolute Gasteiger partial charge is 0.465 e. The first kappa shape index (κ1) is 24.0. The van der Waals surface area contributed by atoms with Crippen molar-refractivity contribution in [2.24, 2.45) is 0 Å². The summed E-state index contributed by atoms with van der Waals surface area (Å²) in [5, 5.41) is 5.03. The van der Waals surface area contributed by atoms with Crippen LogP contribution >= 0.6 is 11.6 Å². The Morgan fingerprint density at radius 3 is 2.38 bits per heavy atom. The number of anilines is 1. The van der Waals surface area contributed by atoms with Crippen LogP contribution in [0.1, 0.15) is 6.42 Å². The molecule has 148 valence electrons. The monoisotopic (exact) mass is 448 g/mol. The maximum atomic E-state index is 11.7. The predicted octanol–water partition coefficient (Wildman–Crippen LogP) is 4.66. The number of ether oxygens (including phenoxy) is 1. The molecule has 2 fully saturated rings. The number of hydrogen-bond donors (Lipinski definition) is 1. The number of esters is 1. The SMILES string of the molecule is O=C(OCCCNc1ccnc2cc(Cl)ccc12)[C]1[CH][CH][CH][CH]1.[CH]1[CH][CH][CH][CH]1.[Fe+2]. The van der Waals surface area contributed by atoms with Gasteiger partial charge in [0.05, 0.1) is 18.0 Å². The van der Waals surface area contributed by atoms with E-state index in [0.29, 0.717) is 24.1 Å². The molecular formula is C23H21ClFeN2O2+2. The molecule has 2 aliphatic carbocycles. The molecule has 0 aliphatic heterocycles. The number of aromatic nitrogens is 1. The van der Waals surface area contributed by atoms with E-state index in [9.17, 15) is 4.79 Å². The molecule has 2 saturated carbocycles. The van der Waals surface area contributed by atoms with Crippen LogP contribution in [0.25, 0.3) is 10.9 Å². The largest absolute Gasteiger partial charge is 2.00 e. The van der Waals surface area contributed by atoms with Crippen molar-refractivity contribution in [3.05, 3.63) is 99.2 Å². The molecule has 0 bridgehead atoms. The summed E-state index contributed by atoms with van der Waals surface area (Å²) < 4.78 is 5.22. The fourth-order valence-corrected chi connectivity index (χ4v) is 2.82. The summed E-state index contributed by atoms with van der Waals surface area (Å²) in [7, 11) is 0. The third kappa shape index (κ3) is 7.81. The van der Waals surface area contributed by atoms with Crippen molar-refractivity contribution in [3.8, 4) is 0 Å². The number of carbonyl (C=O) groups is 1. The second-order valence-corrected chi connectivity index (χ2v) is 6.51. The van der Waals surface area contributed by atoms with Crippen LogP contribution in [-0.4, -0.2) is 24.1 Å². The van der Waals surface area contributed by atoms with E-state index in [1.165, 1.54) is 0 Å². The van der Waals surface area contributed by atoms with E-state index in [4.69, 9.17) is 16.3 Å². The quantitative estimate of drug-likeness (QED) is 0.397. The van der Waals surface area contributed by atoms with Crippen LogP contribution in [0.2, 0.25) is 5.02 Å². The van der Waals surface area contributed by atoms with Crippen LogP contribution < -0.4 is 5.32 Å². The van der Waals surface area contributed by atoms with Crippen LogP contribution in [0.15, 0.2) is 30.5 Å².